The van der Waals surface area contributed by atoms with E-state index in [0.717, 1.165) is 19.7 Å². The van der Waals surface area contributed by atoms with Crippen molar-refractivity contribution in [1.29, 1.82) is 0 Å². The minimum absolute atomic E-state index is 0.0348. The third kappa shape index (κ3) is 2.86. The van der Waals surface area contributed by atoms with E-state index in [0.29, 0.717) is 6.54 Å². The number of carbonyl (C=O) groups is 1. The summed E-state index contributed by atoms with van der Waals surface area (Å²) in [7, 11) is 1.89. The second-order valence-electron chi connectivity index (χ2n) is 3.70. The standard InChI is InChI=1S/C11H12IN3OS/c1-7-9(5-14-15(7)2)4-13-11(16)8-3-10(12)17-6-8/h3,5-6H,4H2,1-2H3,(H,13,16). The van der Waals surface area contributed by atoms with Gasteiger partial charge in [-0.3, -0.25) is 9.48 Å². The van der Waals surface area contributed by atoms with Gasteiger partial charge in [0, 0.05) is 30.2 Å². The zero-order valence-corrected chi connectivity index (χ0v) is 12.5. The van der Waals surface area contributed by atoms with Crippen molar-refractivity contribution in [1.82, 2.24) is 15.1 Å². The fourth-order valence-corrected chi connectivity index (χ4v) is 2.75. The van der Waals surface area contributed by atoms with Gasteiger partial charge in [0.1, 0.15) is 0 Å². The van der Waals surface area contributed by atoms with Crippen LogP contribution in [0.1, 0.15) is 21.6 Å². The highest BCUT2D eigenvalue weighted by molar-refractivity contribution is 14.1. The number of thiophene rings is 1. The minimum Gasteiger partial charge on any atom is -0.348 e. The lowest BCUT2D eigenvalue weighted by molar-refractivity contribution is 0.0951. The Morgan fingerprint density at radius 1 is 1.65 bits per heavy atom. The van der Waals surface area contributed by atoms with Gasteiger partial charge in [0.05, 0.1) is 14.6 Å². The molecule has 2 aromatic heterocycles. The summed E-state index contributed by atoms with van der Waals surface area (Å²) in [6.45, 7) is 2.51. The molecule has 0 bridgehead atoms. The number of amides is 1. The van der Waals surface area contributed by atoms with Crippen LogP contribution in [0.5, 0.6) is 0 Å². The van der Waals surface area contributed by atoms with E-state index in [1.807, 2.05) is 25.4 Å². The largest absolute Gasteiger partial charge is 0.348 e. The number of nitrogens with one attached hydrogen (secondary N) is 1. The molecular formula is C11H12IN3OS. The zero-order valence-electron chi connectivity index (χ0n) is 9.53. The molecule has 0 saturated carbocycles. The first-order valence-corrected chi connectivity index (χ1v) is 7.03. The number of aryl methyl sites for hydroxylation is 1. The normalized spacial score (nSPS) is 10.5. The second-order valence-corrected chi connectivity index (χ2v) is 6.51. The number of halogens is 1. The molecule has 90 valence electrons. The molecular weight excluding hydrogens is 349 g/mol. The molecule has 2 rings (SSSR count). The Kier molecular flexibility index (Phi) is 3.82. The molecule has 0 atom stereocenters. The van der Waals surface area contributed by atoms with Crippen LogP contribution >= 0.6 is 33.9 Å². The smallest absolute Gasteiger partial charge is 0.252 e. The Balaban J connectivity index is 1.99. The van der Waals surface area contributed by atoms with Crippen LogP contribution in [-0.2, 0) is 13.6 Å². The van der Waals surface area contributed by atoms with E-state index in [4.69, 9.17) is 0 Å². The average molecular weight is 361 g/mol. The number of carbonyl (C=O) groups excluding carboxylic acids is 1. The molecule has 2 heterocycles. The molecule has 0 aliphatic carbocycles. The van der Waals surface area contributed by atoms with Crippen molar-refractivity contribution in [2.45, 2.75) is 13.5 Å². The predicted molar refractivity (Wildman–Crippen MR) is 76.2 cm³/mol. The Morgan fingerprint density at radius 3 is 2.94 bits per heavy atom. The van der Waals surface area contributed by atoms with Gasteiger partial charge >= 0.3 is 0 Å². The third-order valence-corrected chi connectivity index (χ3v) is 4.39. The van der Waals surface area contributed by atoms with E-state index in [9.17, 15) is 4.79 Å². The van der Waals surface area contributed by atoms with Crippen LogP contribution in [0.4, 0.5) is 0 Å². The van der Waals surface area contributed by atoms with Gasteiger partial charge in [-0.2, -0.15) is 5.10 Å². The summed E-state index contributed by atoms with van der Waals surface area (Å²) in [5.74, 6) is -0.0348. The van der Waals surface area contributed by atoms with Gasteiger partial charge in [0.15, 0.2) is 0 Å². The molecule has 6 heteroatoms. The molecule has 2 aromatic rings. The average Bonchev–Trinajstić information content (AvgIpc) is 2.86. The van der Waals surface area contributed by atoms with Crippen molar-refractivity contribution < 1.29 is 4.79 Å². The number of aromatic nitrogens is 2. The van der Waals surface area contributed by atoms with Crippen molar-refractivity contribution in [2.24, 2.45) is 7.05 Å². The quantitative estimate of drug-likeness (QED) is 0.853. The van der Waals surface area contributed by atoms with Crippen molar-refractivity contribution in [3.63, 3.8) is 0 Å². The van der Waals surface area contributed by atoms with Crippen molar-refractivity contribution in [3.05, 3.63) is 37.3 Å². The van der Waals surface area contributed by atoms with E-state index in [2.05, 4.69) is 33.0 Å². The molecule has 1 N–H and O–H groups in total. The number of nitrogens with zero attached hydrogens (tertiary/aromatic N) is 2. The first-order valence-electron chi connectivity index (χ1n) is 5.07. The summed E-state index contributed by atoms with van der Waals surface area (Å²) in [5.41, 5.74) is 2.84. The van der Waals surface area contributed by atoms with Crippen LogP contribution in [0.2, 0.25) is 0 Å². The monoisotopic (exact) mass is 361 g/mol. The minimum atomic E-state index is -0.0348. The van der Waals surface area contributed by atoms with E-state index < -0.39 is 0 Å². The molecule has 0 unspecified atom stereocenters. The van der Waals surface area contributed by atoms with Crippen LogP contribution in [-0.4, -0.2) is 15.7 Å². The summed E-state index contributed by atoms with van der Waals surface area (Å²) in [6.07, 6.45) is 1.78. The summed E-state index contributed by atoms with van der Waals surface area (Å²) in [6, 6.07) is 1.89. The van der Waals surface area contributed by atoms with Gasteiger partial charge in [-0.15, -0.1) is 11.3 Å². The first-order chi connectivity index (χ1) is 8.08. The fraction of sp³-hybridized carbons (Fsp3) is 0.273. The lowest BCUT2D eigenvalue weighted by atomic mass is 10.2. The lowest BCUT2D eigenvalue weighted by Gasteiger charge is -2.03. The Labute approximate surface area is 117 Å². The van der Waals surface area contributed by atoms with E-state index in [1.54, 1.807) is 22.2 Å². The molecule has 1 amide bonds. The van der Waals surface area contributed by atoms with Crippen LogP contribution in [0.25, 0.3) is 0 Å². The third-order valence-electron chi connectivity index (χ3n) is 2.61. The molecule has 17 heavy (non-hydrogen) atoms. The van der Waals surface area contributed by atoms with Crippen molar-refractivity contribution in [3.8, 4) is 0 Å². The molecule has 0 aliphatic rings. The Morgan fingerprint density at radius 2 is 2.41 bits per heavy atom. The molecule has 0 fully saturated rings. The van der Waals surface area contributed by atoms with E-state index in [-0.39, 0.29) is 5.91 Å². The summed E-state index contributed by atoms with van der Waals surface area (Å²) < 4.78 is 2.92. The number of hydrogen-bond donors (Lipinski definition) is 1. The van der Waals surface area contributed by atoms with Crippen LogP contribution in [0.15, 0.2) is 17.6 Å². The lowest BCUT2D eigenvalue weighted by Crippen LogP contribution is -2.22. The van der Waals surface area contributed by atoms with Gasteiger partial charge in [0.2, 0.25) is 0 Å². The van der Waals surface area contributed by atoms with Crippen LogP contribution in [0, 0.1) is 9.81 Å². The van der Waals surface area contributed by atoms with Crippen molar-refractivity contribution in [2.75, 3.05) is 0 Å². The maximum atomic E-state index is 11.8. The van der Waals surface area contributed by atoms with E-state index in [1.165, 1.54) is 0 Å². The van der Waals surface area contributed by atoms with Gasteiger partial charge < -0.3 is 5.32 Å². The molecule has 0 saturated heterocycles. The second kappa shape index (κ2) is 5.18. The SMILES string of the molecule is Cc1c(CNC(=O)c2csc(I)c2)cnn1C. The number of hydrogen-bond acceptors (Lipinski definition) is 3. The highest BCUT2D eigenvalue weighted by Crippen LogP contribution is 2.16. The molecule has 0 spiro atoms. The van der Waals surface area contributed by atoms with Gasteiger partial charge in [-0.1, -0.05) is 0 Å². The molecule has 4 nitrogen and oxygen atoms in total. The summed E-state index contributed by atoms with van der Waals surface area (Å²) >= 11 is 3.78. The van der Waals surface area contributed by atoms with Crippen LogP contribution < -0.4 is 5.32 Å². The van der Waals surface area contributed by atoms with Crippen LogP contribution in [0.3, 0.4) is 0 Å². The highest BCUT2D eigenvalue weighted by Gasteiger charge is 2.09. The summed E-state index contributed by atoms with van der Waals surface area (Å²) in [5, 5.41) is 8.90. The first kappa shape index (κ1) is 12.6. The predicted octanol–water partition coefficient (Wildman–Crippen LogP) is 2.32. The van der Waals surface area contributed by atoms with Crippen molar-refractivity contribution >= 4 is 39.8 Å². The zero-order chi connectivity index (χ0) is 12.4. The van der Waals surface area contributed by atoms with Gasteiger partial charge in [-0.25, -0.2) is 0 Å². The van der Waals surface area contributed by atoms with Gasteiger partial charge in [-0.05, 0) is 35.6 Å². The molecule has 0 aromatic carbocycles. The fourth-order valence-electron chi connectivity index (χ4n) is 1.42. The topological polar surface area (TPSA) is 46.9 Å². The highest BCUT2D eigenvalue weighted by atomic mass is 127. The molecule has 0 radical (unpaired) electrons. The maximum Gasteiger partial charge on any atom is 0.252 e. The summed E-state index contributed by atoms with van der Waals surface area (Å²) in [4.78, 5) is 11.8. The maximum absolute atomic E-state index is 11.8. The van der Waals surface area contributed by atoms with E-state index >= 15 is 0 Å². The Bertz CT molecular complexity index is 547. The van der Waals surface area contributed by atoms with Gasteiger partial charge in [0.25, 0.3) is 5.91 Å². The Hall–Kier alpha value is -0.890. The number of rotatable bonds is 3. The molecule has 0 aliphatic heterocycles.